The van der Waals surface area contributed by atoms with Gasteiger partial charge in [-0.15, -0.1) is 0 Å². The average Bonchev–Trinajstić information content (AvgIpc) is 2.99. The third-order valence-corrected chi connectivity index (χ3v) is 2.51. The summed E-state index contributed by atoms with van der Waals surface area (Å²) in [6.45, 7) is 0. The molecule has 3 heteroatoms. The van der Waals surface area contributed by atoms with Crippen LogP contribution < -0.4 is 11.3 Å². The van der Waals surface area contributed by atoms with Crippen molar-refractivity contribution >= 4 is 0 Å². The minimum atomic E-state index is 0.230. The molecule has 1 atom stereocenters. The molecule has 1 heterocycles. The number of hydrogen-bond acceptors (Lipinski definition) is 3. The third-order valence-electron chi connectivity index (χ3n) is 2.51. The van der Waals surface area contributed by atoms with Gasteiger partial charge in [0.1, 0.15) is 0 Å². The van der Waals surface area contributed by atoms with Gasteiger partial charge >= 0.3 is 0 Å². The van der Waals surface area contributed by atoms with Gasteiger partial charge in [0.2, 0.25) is 0 Å². The molecule has 0 amide bonds. The maximum Gasteiger partial charge on any atom is 0.0634 e. The zero-order valence-electron chi connectivity index (χ0n) is 7.61. The van der Waals surface area contributed by atoms with Gasteiger partial charge in [0.05, 0.1) is 11.7 Å². The second-order valence-electron chi connectivity index (χ2n) is 3.65. The van der Waals surface area contributed by atoms with E-state index in [0.29, 0.717) is 0 Å². The number of pyridine rings is 1. The van der Waals surface area contributed by atoms with E-state index in [9.17, 15) is 0 Å². The summed E-state index contributed by atoms with van der Waals surface area (Å²) in [5.41, 5.74) is 3.88. The van der Waals surface area contributed by atoms with E-state index in [2.05, 4.69) is 10.4 Å². The van der Waals surface area contributed by atoms with E-state index in [1.54, 1.807) is 0 Å². The fraction of sp³-hybridized carbons (Fsp3) is 0.500. The standard InChI is InChI=1S/C10H15N3/c11-13-10(7-8-4-5-8)9-3-1-2-6-12-9/h1-3,6,8,10,13H,4-5,7,11H2. The van der Waals surface area contributed by atoms with Crippen molar-refractivity contribution in [3.05, 3.63) is 30.1 Å². The van der Waals surface area contributed by atoms with Crippen LogP contribution in [0.5, 0.6) is 0 Å². The Balaban J connectivity index is 2.02. The molecule has 1 aliphatic carbocycles. The fourth-order valence-corrected chi connectivity index (χ4v) is 1.54. The Labute approximate surface area is 78.3 Å². The van der Waals surface area contributed by atoms with Crippen LogP contribution in [0.2, 0.25) is 0 Å². The molecule has 1 saturated carbocycles. The Morgan fingerprint density at radius 3 is 2.92 bits per heavy atom. The normalized spacial score (nSPS) is 18.5. The van der Waals surface area contributed by atoms with E-state index in [1.807, 2.05) is 24.4 Å². The van der Waals surface area contributed by atoms with Gasteiger partial charge in [-0.1, -0.05) is 18.9 Å². The second kappa shape index (κ2) is 3.85. The van der Waals surface area contributed by atoms with E-state index in [-0.39, 0.29) is 6.04 Å². The lowest BCUT2D eigenvalue weighted by Gasteiger charge is -2.14. The van der Waals surface area contributed by atoms with E-state index < -0.39 is 0 Å². The Hall–Kier alpha value is -0.930. The second-order valence-corrected chi connectivity index (χ2v) is 3.65. The lowest BCUT2D eigenvalue weighted by atomic mass is 10.1. The molecule has 1 fully saturated rings. The summed E-state index contributed by atoms with van der Waals surface area (Å²) < 4.78 is 0. The summed E-state index contributed by atoms with van der Waals surface area (Å²) in [6, 6.07) is 6.18. The molecule has 1 aliphatic rings. The van der Waals surface area contributed by atoms with Gasteiger partial charge in [0, 0.05) is 6.20 Å². The molecule has 13 heavy (non-hydrogen) atoms. The third kappa shape index (κ3) is 2.26. The quantitative estimate of drug-likeness (QED) is 0.539. The maximum absolute atomic E-state index is 5.49. The van der Waals surface area contributed by atoms with Gasteiger partial charge in [0.25, 0.3) is 0 Å². The Morgan fingerprint density at radius 2 is 2.38 bits per heavy atom. The van der Waals surface area contributed by atoms with Crippen LogP contribution in [0.15, 0.2) is 24.4 Å². The minimum Gasteiger partial charge on any atom is -0.271 e. The largest absolute Gasteiger partial charge is 0.271 e. The summed E-state index contributed by atoms with van der Waals surface area (Å²) in [7, 11) is 0. The lowest BCUT2D eigenvalue weighted by Crippen LogP contribution is -2.28. The minimum absolute atomic E-state index is 0.230. The number of hydrazine groups is 1. The first-order valence-corrected chi connectivity index (χ1v) is 4.77. The number of aromatic nitrogens is 1. The van der Waals surface area contributed by atoms with Crippen molar-refractivity contribution in [3.63, 3.8) is 0 Å². The van der Waals surface area contributed by atoms with Gasteiger partial charge in [0.15, 0.2) is 0 Å². The number of hydrogen-bond donors (Lipinski definition) is 2. The van der Waals surface area contributed by atoms with Gasteiger partial charge in [-0.25, -0.2) is 0 Å². The molecule has 3 N–H and O–H groups in total. The van der Waals surface area contributed by atoms with Crippen LogP contribution in [0, 0.1) is 5.92 Å². The predicted octanol–water partition coefficient (Wildman–Crippen LogP) is 1.39. The first-order valence-electron chi connectivity index (χ1n) is 4.77. The SMILES string of the molecule is NNC(CC1CC1)c1ccccn1. The summed E-state index contributed by atoms with van der Waals surface area (Å²) in [5.74, 6) is 6.35. The van der Waals surface area contributed by atoms with Gasteiger partial charge in [-0.05, 0) is 24.5 Å². The van der Waals surface area contributed by atoms with Crippen molar-refractivity contribution in [2.45, 2.75) is 25.3 Å². The van der Waals surface area contributed by atoms with Crippen LogP contribution in [-0.2, 0) is 0 Å². The van der Waals surface area contributed by atoms with Crippen molar-refractivity contribution in [1.82, 2.24) is 10.4 Å². The lowest BCUT2D eigenvalue weighted by molar-refractivity contribution is 0.477. The van der Waals surface area contributed by atoms with Crippen molar-refractivity contribution in [3.8, 4) is 0 Å². The highest BCUT2D eigenvalue weighted by atomic mass is 15.2. The molecule has 3 nitrogen and oxygen atoms in total. The monoisotopic (exact) mass is 177 g/mol. The Morgan fingerprint density at radius 1 is 1.54 bits per heavy atom. The molecule has 1 aromatic heterocycles. The maximum atomic E-state index is 5.49. The zero-order valence-corrected chi connectivity index (χ0v) is 7.61. The van der Waals surface area contributed by atoms with Crippen LogP contribution in [0.1, 0.15) is 31.0 Å². The van der Waals surface area contributed by atoms with Gasteiger partial charge in [-0.2, -0.15) is 0 Å². The van der Waals surface area contributed by atoms with E-state index in [0.717, 1.165) is 18.0 Å². The van der Waals surface area contributed by atoms with Crippen LogP contribution >= 0.6 is 0 Å². The summed E-state index contributed by atoms with van der Waals surface area (Å²) in [6.07, 6.45) is 5.64. The first-order chi connectivity index (χ1) is 6.40. The van der Waals surface area contributed by atoms with Crippen molar-refractivity contribution in [1.29, 1.82) is 0 Å². The van der Waals surface area contributed by atoms with Crippen LogP contribution in [0.3, 0.4) is 0 Å². The molecule has 0 spiro atoms. The van der Waals surface area contributed by atoms with E-state index in [1.165, 1.54) is 12.8 Å². The molecule has 0 radical (unpaired) electrons. The van der Waals surface area contributed by atoms with Crippen LogP contribution in [0.4, 0.5) is 0 Å². The highest BCUT2D eigenvalue weighted by Crippen LogP contribution is 2.36. The van der Waals surface area contributed by atoms with E-state index in [4.69, 9.17) is 5.84 Å². The summed E-state index contributed by atoms with van der Waals surface area (Å²) in [4.78, 5) is 4.29. The highest BCUT2D eigenvalue weighted by Gasteiger charge is 2.26. The highest BCUT2D eigenvalue weighted by molar-refractivity contribution is 5.08. The van der Waals surface area contributed by atoms with Crippen molar-refractivity contribution < 1.29 is 0 Å². The number of rotatable bonds is 4. The topological polar surface area (TPSA) is 50.9 Å². The molecule has 0 saturated heterocycles. The molecule has 0 aromatic carbocycles. The molecule has 0 bridgehead atoms. The molecule has 70 valence electrons. The Bertz CT molecular complexity index is 256. The van der Waals surface area contributed by atoms with Crippen molar-refractivity contribution in [2.75, 3.05) is 0 Å². The van der Waals surface area contributed by atoms with Crippen LogP contribution in [0.25, 0.3) is 0 Å². The van der Waals surface area contributed by atoms with Gasteiger partial charge in [-0.3, -0.25) is 16.3 Å². The predicted molar refractivity (Wildman–Crippen MR) is 51.6 cm³/mol. The average molecular weight is 177 g/mol. The summed E-state index contributed by atoms with van der Waals surface area (Å²) >= 11 is 0. The zero-order chi connectivity index (χ0) is 9.10. The Kier molecular flexibility index (Phi) is 2.57. The molecule has 2 rings (SSSR count). The van der Waals surface area contributed by atoms with E-state index >= 15 is 0 Å². The van der Waals surface area contributed by atoms with Crippen LogP contribution in [-0.4, -0.2) is 4.98 Å². The first kappa shape index (κ1) is 8.66. The number of nitrogens with two attached hydrogens (primary N) is 1. The number of nitrogens with one attached hydrogen (secondary N) is 1. The molecule has 0 aliphatic heterocycles. The molecule has 1 aromatic rings. The fourth-order valence-electron chi connectivity index (χ4n) is 1.54. The number of nitrogens with zero attached hydrogens (tertiary/aromatic N) is 1. The smallest absolute Gasteiger partial charge is 0.0634 e. The van der Waals surface area contributed by atoms with Crippen molar-refractivity contribution in [2.24, 2.45) is 11.8 Å². The molecular formula is C10H15N3. The van der Waals surface area contributed by atoms with Gasteiger partial charge < -0.3 is 0 Å². The molecular weight excluding hydrogens is 162 g/mol. The molecule has 1 unspecified atom stereocenters. The summed E-state index contributed by atoms with van der Waals surface area (Å²) in [5, 5.41) is 0.